The highest BCUT2D eigenvalue weighted by Crippen LogP contribution is 2.31. The number of rotatable bonds is 12. The van der Waals surface area contributed by atoms with Gasteiger partial charge in [-0.2, -0.15) is 0 Å². The molecule has 2 aromatic carbocycles. The number of hydrogen-bond donors (Lipinski definition) is 2. The fourth-order valence-corrected chi connectivity index (χ4v) is 3.64. The number of unbranched alkanes of at least 4 members (excludes halogenated alkanes) is 2. The normalized spacial score (nSPS) is 11.4. The Labute approximate surface area is 196 Å². The lowest BCUT2D eigenvalue weighted by Gasteiger charge is -2.28. The van der Waals surface area contributed by atoms with E-state index >= 15 is 0 Å². The van der Waals surface area contributed by atoms with E-state index in [1.807, 2.05) is 12.1 Å². The number of carboxylic acids is 1. The van der Waals surface area contributed by atoms with E-state index in [-0.39, 0.29) is 12.3 Å². The lowest BCUT2D eigenvalue weighted by molar-refractivity contribution is -0.131. The highest BCUT2D eigenvalue weighted by atomic mass is 19.1. The molecule has 2 aromatic rings. The molecule has 2 rings (SSSR count). The molecule has 0 aromatic heterocycles. The van der Waals surface area contributed by atoms with E-state index in [1.54, 1.807) is 32.0 Å². The van der Waals surface area contributed by atoms with Crippen LogP contribution in [-0.4, -0.2) is 30.1 Å². The largest absolute Gasteiger partial charge is 0.478 e. The zero-order valence-electron chi connectivity index (χ0n) is 20.1. The predicted octanol–water partition coefficient (Wildman–Crippen LogP) is 6.21. The molecule has 0 unspecified atom stereocenters. The third kappa shape index (κ3) is 8.04. The Morgan fingerprint density at radius 3 is 2.30 bits per heavy atom. The number of amides is 1. The third-order valence-electron chi connectivity index (χ3n) is 5.53. The Balaban J connectivity index is 2.40. The molecular formula is C27H35FN2O3. The highest BCUT2D eigenvalue weighted by Gasteiger charge is 2.16. The Kier molecular flexibility index (Phi) is 10.1. The molecular weight excluding hydrogens is 419 g/mol. The first kappa shape index (κ1) is 26.1. The van der Waals surface area contributed by atoms with Crippen molar-refractivity contribution in [2.75, 3.05) is 23.3 Å². The van der Waals surface area contributed by atoms with Crippen LogP contribution in [0, 0.1) is 12.7 Å². The summed E-state index contributed by atoms with van der Waals surface area (Å²) >= 11 is 0. The number of nitrogens with zero attached hydrogens (tertiary/aromatic N) is 1. The molecule has 0 fully saturated rings. The summed E-state index contributed by atoms with van der Waals surface area (Å²) < 4.78 is 14.3. The van der Waals surface area contributed by atoms with Crippen molar-refractivity contribution in [2.24, 2.45) is 0 Å². The van der Waals surface area contributed by atoms with Crippen molar-refractivity contribution in [3.63, 3.8) is 0 Å². The molecule has 2 N–H and O–H groups in total. The second-order valence-electron chi connectivity index (χ2n) is 8.41. The fraction of sp³-hybridized carbons (Fsp3) is 0.407. The summed E-state index contributed by atoms with van der Waals surface area (Å²) in [6.07, 6.45) is 5.21. The maximum absolute atomic E-state index is 14.3. The first-order valence-electron chi connectivity index (χ1n) is 11.6. The topological polar surface area (TPSA) is 69.6 Å². The van der Waals surface area contributed by atoms with Gasteiger partial charge < -0.3 is 15.3 Å². The first-order valence-corrected chi connectivity index (χ1v) is 11.6. The average molecular weight is 455 g/mol. The van der Waals surface area contributed by atoms with Gasteiger partial charge >= 0.3 is 5.97 Å². The van der Waals surface area contributed by atoms with Gasteiger partial charge in [0.2, 0.25) is 5.91 Å². The number of aryl methyl sites for hydroxylation is 1. The lowest BCUT2D eigenvalue weighted by Crippen LogP contribution is -2.27. The SMILES string of the molecule is CCCCN(CCCC)c1ccc(/C(C)=C/C(=O)O)cc1NC(=O)Cc1ccc(C)cc1F. The number of anilines is 2. The minimum atomic E-state index is -1.02. The zero-order chi connectivity index (χ0) is 24.4. The molecule has 0 aliphatic rings. The maximum Gasteiger partial charge on any atom is 0.328 e. The number of nitrogens with one attached hydrogen (secondary N) is 1. The van der Waals surface area contributed by atoms with Crippen molar-refractivity contribution in [1.82, 2.24) is 0 Å². The molecule has 0 atom stereocenters. The van der Waals surface area contributed by atoms with Gasteiger partial charge in [0.1, 0.15) is 5.82 Å². The van der Waals surface area contributed by atoms with Gasteiger partial charge in [-0.1, -0.05) is 44.9 Å². The van der Waals surface area contributed by atoms with Gasteiger partial charge in [-0.3, -0.25) is 4.79 Å². The van der Waals surface area contributed by atoms with E-state index in [0.717, 1.165) is 56.1 Å². The number of benzene rings is 2. The molecule has 33 heavy (non-hydrogen) atoms. The van der Waals surface area contributed by atoms with E-state index < -0.39 is 11.8 Å². The second kappa shape index (κ2) is 12.8. The summed E-state index contributed by atoms with van der Waals surface area (Å²) in [7, 11) is 0. The van der Waals surface area contributed by atoms with E-state index in [4.69, 9.17) is 5.11 Å². The van der Waals surface area contributed by atoms with Crippen molar-refractivity contribution in [1.29, 1.82) is 0 Å². The summed E-state index contributed by atoms with van der Waals surface area (Å²) in [5.41, 5.74) is 3.94. The lowest BCUT2D eigenvalue weighted by atomic mass is 10.0. The van der Waals surface area contributed by atoms with Gasteiger partial charge in [-0.25, -0.2) is 9.18 Å². The van der Waals surface area contributed by atoms with Gasteiger partial charge in [0.15, 0.2) is 0 Å². The number of allylic oxidation sites excluding steroid dienone is 1. The zero-order valence-corrected chi connectivity index (χ0v) is 20.1. The molecule has 0 aliphatic carbocycles. The van der Waals surface area contributed by atoms with Gasteiger partial charge in [0.05, 0.1) is 17.8 Å². The van der Waals surface area contributed by atoms with E-state index in [1.165, 1.54) is 6.07 Å². The number of hydrogen-bond acceptors (Lipinski definition) is 3. The first-order chi connectivity index (χ1) is 15.7. The third-order valence-corrected chi connectivity index (χ3v) is 5.53. The summed E-state index contributed by atoms with van der Waals surface area (Å²) in [6.45, 7) is 9.52. The number of carbonyl (C=O) groups is 2. The van der Waals surface area contributed by atoms with Crippen molar-refractivity contribution in [3.05, 3.63) is 65.0 Å². The summed E-state index contributed by atoms with van der Waals surface area (Å²) in [6, 6.07) is 10.5. The minimum absolute atomic E-state index is 0.0797. The monoisotopic (exact) mass is 454 g/mol. The quantitative estimate of drug-likeness (QED) is 0.374. The Hall–Kier alpha value is -3.15. The predicted molar refractivity (Wildman–Crippen MR) is 133 cm³/mol. The van der Waals surface area contributed by atoms with Crippen LogP contribution < -0.4 is 10.2 Å². The second-order valence-corrected chi connectivity index (χ2v) is 8.41. The smallest absolute Gasteiger partial charge is 0.328 e. The van der Waals surface area contributed by atoms with E-state index in [9.17, 15) is 14.0 Å². The molecule has 0 aliphatic heterocycles. The summed E-state index contributed by atoms with van der Waals surface area (Å²) in [4.78, 5) is 26.3. The van der Waals surface area contributed by atoms with Crippen LogP contribution in [0.1, 0.15) is 63.1 Å². The van der Waals surface area contributed by atoms with Gasteiger partial charge in [-0.05, 0) is 67.2 Å². The number of carbonyl (C=O) groups excluding carboxylic acids is 1. The molecule has 0 spiro atoms. The van der Waals surface area contributed by atoms with Crippen LogP contribution >= 0.6 is 0 Å². The van der Waals surface area contributed by atoms with Crippen LogP contribution in [0.4, 0.5) is 15.8 Å². The van der Waals surface area contributed by atoms with Crippen LogP contribution in [0.2, 0.25) is 0 Å². The summed E-state index contributed by atoms with van der Waals surface area (Å²) in [5, 5.41) is 12.1. The molecule has 0 bridgehead atoms. The molecule has 5 nitrogen and oxygen atoms in total. The van der Waals surface area contributed by atoms with Crippen molar-refractivity contribution in [3.8, 4) is 0 Å². The number of aliphatic carboxylic acids is 1. The van der Waals surface area contributed by atoms with Gasteiger partial charge in [0.25, 0.3) is 0 Å². The van der Waals surface area contributed by atoms with Crippen LogP contribution in [0.15, 0.2) is 42.5 Å². The number of halogens is 1. The van der Waals surface area contributed by atoms with E-state index in [0.29, 0.717) is 22.4 Å². The van der Waals surface area contributed by atoms with Crippen LogP contribution in [0.25, 0.3) is 5.57 Å². The minimum Gasteiger partial charge on any atom is -0.478 e. The average Bonchev–Trinajstić information content (AvgIpc) is 2.75. The molecule has 0 saturated heterocycles. The van der Waals surface area contributed by atoms with Crippen LogP contribution in [0.5, 0.6) is 0 Å². The van der Waals surface area contributed by atoms with Gasteiger partial charge in [0, 0.05) is 19.2 Å². The molecule has 0 saturated carbocycles. The molecule has 178 valence electrons. The fourth-order valence-electron chi connectivity index (χ4n) is 3.64. The molecule has 0 radical (unpaired) electrons. The number of carboxylic acid groups (broad SMARTS) is 1. The maximum atomic E-state index is 14.3. The standard InChI is InChI=1S/C27H35FN2O3/c1-5-7-13-30(14-8-6-2)25-12-11-21(20(4)16-27(32)33)17-24(25)29-26(31)18-22-10-9-19(3)15-23(22)28/h9-12,15-17H,5-8,13-14,18H2,1-4H3,(H,29,31)(H,32,33)/b20-16+. The van der Waals surface area contributed by atoms with Crippen molar-refractivity contribution < 1.29 is 19.1 Å². The van der Waals surface area contributed by atoms with Crippen molar-refractivity contribution in [2.45, 2.75) is 59.8 Å². The molecule has 1 amide bonds. The van der Waals surface area contributed by atoms with Crippen LogP contribution in [0.3, 0.4) is 0 Å². The summed E-state index contributed by atoms with van der Waals surface area (Å²) in [5.74, 6) is -1.74. The van der Waals surface area contributed by atoms with E-state index in [2.05, 4.69) is 24.1 Å². The molecule has 0 heterocycles. The van der Waals surface area contributed by atoms with Gasteiger partial charge in [-0.15, -0.1) is 0 Å². The molecule has 6 heteroatoms. The Morgan fingerprint density at radius 2 is 1.73 bits per heavy atom. The Bertz CT molecular complexity index is 993. The van der Waals surface area contributed by atoms with Crippen LogP contribution in [-0.2, 0) is 16.0 Å². The highest BCUT2D eigenvalue weighted by molar-refractivity contribution is 5.97. The Morgan fingerprint density at radius 1 is 1.06 bits per heavy atom. The van der Waals surface area contributed by atoms with Crippen molar-refractivity contribution >= 4 is 28.8 Å².